The lowest BCUT2D eigenvalue weighted by Crippen LogP contribution is -2.52. The Labute approximate surface area is 249 Å². The van der Waals surface area contributed by atoms with Crippen molar-refractivity contribution in [3.63, 3.8) is 0 Å². The van der Waals surface area contributed by atoms with Crippen molar-refractivity contribution in [2.75, 3.05) is 24.0 Å². The second-order valence-corrected chi connectivity index (χ2v) is 12.0. The molecule has 2 amide bonds. The first-order valence-electron chi connectivity index (χ1n) is 13.4. The summed E-state index contributed by atoms with van der Waals surface area (Å²) in [5.41, 5.74) is 0.861. The monoisotopic (exact) mass is 647 g/mol. The van der Waals surface area contributed by atoms with E-state index in [-0.39, 0.29) is 23.0 Å². The van der Waals surface area contributed by atoms with E-state index in [2.05, 4.69) is 21.2 Å². The fourth-order valence-electron chi connectivity index (χ4n) is 4.21. The molecule has 0 fully saturated rings. The third kappa shape index (κ3) is 8.53. The minimum atomic E-state index is -4.20. The Morgan fingerprint density at radius 3 is 2.15 bits per heavy atom. The summed E-state index contributed by atoms with van der Waals surface area (Å²) in [6.45, 7) is 5.85. The molecule has 3 rings (SSSR count). The first-order chi connectivity index (χ1) is 19.6. The fourth-order valence-corrected chi connectivity index (χ4v) is 5.89. The van der Waals surface area contributed by atoms with Crippen LogP contribution in [-0.4, -0.2) is 50.9 Å². The molecule has 3 aromatic rings. The molecule has 0 aromatic heterocycles. The summed E-state index contributed by atoms with van der Waals surface area (Å²) in [5, 5.41) is 2.84. The van der Waals surface area contributed by atoms with Crippen LogP contribution < -0.4 is 14.4 Å². The number of rotatable bonds is 14. The summed E-state index contributed by atoms with van der Waals surface area (Å²) in [7, 11) is -4.20. The summed E-state index contributed by atoms with van der Waals surface area (Å²) in [5.74, 6) is -0.794. The molecule has 41 heavy (non-hydrogen) atoms. The Morgan fingerprint density at radius 1 is 0.951 bits per heavy atom. The number of hydrogen-bond acceptors (Lipinski definition) is 5. The molecule has 220 valence electrons. The second kappa shape index (κ2) is 15.0. The smallest absolute Gasteiger partial charge is 0.264 e. The van der Waals surface area contributed by atoms with Gasteiger partial charge in [-0.25, -0.2) is 12.8 Å². The molecule has 1 atom stereocenters. The topological polar surface area (TPSA) is 96.0 Å². The van der Waals surface area contributed by atoms with E-state index in [4.69, 9.17) is 4.74 Å². The molecule has 0 heterocycles. The molecular weight excluding hydrogens is 613 g/mol. The van der Waals surface area contributed by atoms with Crippen LogP contribution in [0.1, 0.15) is 39.2 Å². The quantitative estimate of drug-likeness (QED) is 0.249. The van der Waals surface area contributed by atoms with Gasteiger partial charge in [0.05, 0.1) is 17.2 Å². The lowest BCUT2D eigenvalue weighted by atomic mass is 10.1. The summed E-state index contributed by atoms with van der Waals surface area (Å²) in [6, 6.07) is 17.3. The molecule has 0 bridgehead atoms. The van der Waals surface area contributed by atoms with Gasteiger partial charge < -0.3 is 15.0 Å². The lowest BCUT2D eigenvalue weighted by Gasteiger charge is -2.33. The number of nitrogens with zero attached hydrogens (tertiary/aromatic N) is 2. The summed E-state index contributed by atoms with van der Waals surface area (Å²) in [6.07, 6.45) is 1.01. The fraction of sp³-hybridized carbons (Fsp3) is 0.333. The van der Waals surface area contributed by atoms with Crippen molar-refractivity contribution in [3.8, 4) is 5.75 Å². The minimum absolute atomic E-state index is 0.000185. The molecule has 3 aromatic carbocycles. The van der Waals surface area contributed by atoms with Crippen molar-refractivity contribution in [1.82, 2.24) is 10.2 Å². The standard InChI is InChI=1S/C30H35BrFN3O5S/c1-4-19-33-30(37)28(5-2)34(20-22-7-11-24(32)12-8-22)29(36)21-35(25-13-15-26(16-14-25)40-6-3)41(38,39)27-17-9-23(31)10-18-27/h7-18,28H,4-6,19-21H2,1-3H3,(H,33,37). The van der Waals surface area contributed by atoms with Crippen LogP contribution in [0.25, 0.3) is 0 Å². The van der Waals surface area contributed by atoms with Gasteiger partial charge in [-0.2, -0.15) is 0 Å². The molecule has 0 radical (unpaired) electrons. The van der Waals surface area contributed by atoms with Gasteiger partial charge in [0.15, 0.2) is 0 Å². The van der Waals surface area contributed by atoms with Gasteiger partial charge in [0, 0.05) is 17.6 Å². The van der Waals surface area contributed by atoms with E-state index in [1.54, 1.807) is 43.3 Å². The molecule has 1 N–H and O–H groups in total. The van der Waals surface area contributed by atoms with Gasteiger partial charge in [-0.1, -0.05) is 41.9 Å². The predicted octanol–water partition coefficient (Wildman–Crippen LogP) is 5.52. The lowest BCUT2D eigenvalue weighted by molar-refractivity contribution is -0.140. The Balaban J connectivity index is 2.04. The highest BCUT2D eigenvalue weighted by Crippen LogP contribution is 2.27. The van der Waals surface area contributed by atoms with Crippen molar-refractivity contribution in [2.45, 2.75) is 51.1 Å². The SMILES string of the molecule is CCCNC(=O)C(CC)N(Cc1ccc(F)cc1)C(=O)CN(c1ccc(OCC)cc1)S(=O)(=O)c1ccc(Br)cc1. The van der Waals surface area contributed by atoms with E-state index in [0.29, 0.717) is 41.8 Å². The molecule has 11 heteroatoms. The molecule has 8 nitrogen and oxygen atoms in total. The average Bonchev–Trinajstić information content (AvgIpc) is 2.96. The van der Waals surface area contributed by atoms with Crippen molar-refractivity contribution >= 4 is 43.5 Å². The maximum absolute atomic E-state index is 14.0. The molecule has 0 aliphatic carbocycles. The van der Waals surface area contributed by atoms with E-state index in [1.165, 1.54) is 41.3 Å². The van der Waals surface area contributed by atoms with Crippen LogP contribution >= 0.6 is 15.9 Å². The van der Waals surface area contributed by atoms with E-state index in [1.807, 2.05) is 13.8 Å². The maximum atomic E-state index is 14.0. The third-order valence-corrected chi connectivity index (χ3v) is 8.63. The van der Waals surface area contributed by atoms with E-state index in [0.717, 1.165) is 4.31 Å². The Morgan fingerprint density at radius 2 is 1.59 bits per heavy atom. The summed E-state index contributed by atoms with van der Waals surface area (Å²) in [4.78, 5) is 28.5. The minimum Gasteiger partial charge on any atom is -0.494 e. The molecule has 0 spiro atoms. The molecule has 0 saturated carbocycles. The van der Waals surface area contributed by atoms with Crippen LogP contribution in [0.5, 0.6) is 5.75 Å². The average molecular weight is 649 g/mol. The van der Waals surface area contributed by atoms with Gasteiger partial charge >= 0.3 is 0 Å². The molecular formula is C30H35BrFN3O5S. The van der Waals surface area contributed by atoms with Crippen LogP contribution in [0.15, 0.2) is 82.2 Å². The van der Waals surface area contributed by atoms with Crippen molar-refractivity contribution in [2.24, 2.45) is 0 Å². The Bertz CT molecular complexity index is 1400. The summed E-state index contributed by atoms with van der Waals surface area (Å²) >= 11 is 3.32. The van der Waals surface area contributed by atoms with Crippen LogP contribution in [-0.2, 0) is 26.2 Å². The first-order valence-corrected chi connectivity index (χ1v) is 15.7. The number of carbonyl (C=O) groups excluding carboxylic acids is 2. The number of amides is 2. The number of hydrogen-bond donors (Lipinski definition) is 1. The van der Waals surface area contributed by atoms with Gasteiger partial charge in [0.2, 0.25) is 11.8 Å². The Kier molecular flexibility index (Phi) is 11.7. The molecule has 0 aliphatic rings. The molecule has 0 saturated heterocycles. The number of benzene rings is 3. The number of anilines is 1. The highest BCUT2D eigenvalue weighted by molar-refractivity contribution is 9.10. The number of halogens is 2. The zero-order chi connectivity index (χ0) is 30.0. The number of ether oxygens (including phenoxy) is 1. The van der Waals surface area contributed by atoms with E-state index >= 15 is 0 Å². The largest absolute Gasteiger partial charge is 0.494 e. The molecule has 1 unspecified atom stereocenters. The van der Waals surface area contributed by atoms with Gasteiger partial charge in [-0.3, -0.25) is 13.9 Å². The van der Waals surface area contributed by atoms with Crippen LogP contribution in [0.4, 0.5) is 10.1 Å². The van der Waals surface area contributed by atoms with Crippen LogP contribution in [0.3, 0.4) is 0 Å². The second-order valence-electron chi connectivity index (χ2n) is 9.26. The van der Waals surface area contributed by atoms with Gasteiger partial charge in [0.1, 0.15) is 24.2 Å². The predicted molar refractivity (Wildman–Crippen MR) is 161 cm³/mol. The zero-order valence-corrected chi connectivity index (χ0v) is 25.8. The number of carbonyl (C=O) groups is 2. The molecule has 0 aliphatic heterocycles. The number of nitrogens with one attached hydrogen (secondary N) is 1. The van der Waals surface area contributed by atoms with Gasteiger partial charge in [0.25, 0.3) is 10.0 Å². The summed E-state index contributed by atoms with van der Waals surface area (Å²) < 4.78 is 48.7. The maximum Gasteiger partial charge on any atom is 0.264 e. The highest BCUT2D eigenvalue weighted by atomic mass is 79.9. The first kappa shape index (κ1) is 32.1. The van der Waals surface area contributed by atoms with Gasteiger partial charge in [-0.05, 0) is 86.0 Å². The third-order valence-electron chi connectivity index (χ3n) is 6.32. The van der Waals surface area contributed by atoms with Crippen LogP contribution in [0.2, 0.25) is 0 Å². The Hall–Kier alpha value is -3.44. The number of sulfonamides is 1. The zero-order valence-electron chi connectivity index (χ0n) is 23.3. The van der Waals surface area contributed by atoms with Crippen molar-refractivity contribution in [1.29, 1.82) is 0 Å². The van der Waals surface area contributed by atoms with Crippen molar-refractivity contribution in [3.05, 3.63) is 88.6 Å². The normalized spacial score (nSPS) is 11.9. The van der Waals surface area contributed by atoms with Crippen LogP contribution in [0, 0.1) is 5.82 Å². The highest BCUT2D eigenvalue weighted by Gasteiger charge is 2.33. The van der Waals surface area contributed by atoms with E-state index in [9.17, 15) is 22.4 Å². The van der Waals surface area contributed by atoms with Crippen molar-refractivity contribution < 1.29 is 27.1 Å². The van der Waals surface area contributed by atoms with Gasteiger partial charge in [-0.15, -0.1) is 0 Å². The van der Waals surface area contributed by atoms with E-state index < -0.39 is 34.3 Å².